The Balaban J connectivity index is 2.11. The summed E-state index contributed by atoms with van der Waals surface area (Å²) in [6.45, 7) is 13.1. The molecule has 0 aliphatic heterocycles. The Hall–Kier alpha value is -1.96. The normalized spacial score (nSPS) is 13.5. The summed E-state index contributed by atoms with van der Waals surface area (Å²) >= 11 is 0. The molecule has 2 rings (SSSR count). The van der Waals surface area contributed by atoms with Crippen molar-refractivity contribution < 1.29 is 0 Å². The third-order valence-corrected chi connectivity index (χ3v) is 4.46. The van der Waals surface area contributed by atoms with Gasteiger partial charge in [0, 0.05) is 23.5 Å². The summed E-state index contributed by atoms with van der Waals surface area (Å²) in [7, 11) is 0. The molecular weight excluding hydrogens is 268 g/mol. The summed E-state index contributed by atoms with van der Waals surface area (Å²) in [5, 5.41) is 7.35. The van der Waals surface area contributed by atoms with E-state index in [1.54, 1.807) is 0 Å². The first-order chi connectivity index (χ1) is 10.4. The third kappa shape index (κ3) is 3.62. The number of nitrogens with one attached hydrogen (secondary N) is 2. The number of benzene rings is 2. The van der Waals surface area contributed by atoms with E-state index in [0.717, 1.165) is 0 Å². The van der Waals surface area contributed by atoms with Crippen molar-refractivity contribution in [2.75, 3.05) is 10.6 Å². The Labute approximate surface area is 135 Å². The summed E-state index contributed by atoms with van der Waals surface area (Å²) in [6, 6.07) is 13.5. The summed E-state index contributed by atoms with van der Waals surface area (Å²) < 4.78 is 0. The summed E-state index contributed by atoms with van der Waals surface area (Å²) in [6.07, 6.45) is 0. The molecule has 0 amide bonds. The van der Waals surface area contributed by atoms with Gasteiger partial charge in [-0.1, -0.05) is 36.4 Å². The van der Waals surface area contributed by atoms with E-state index < -0.39 is 0 Å². The van der Waals surface area contributed by atoms with E-state index in [2.05, 4.69) is 88.6 Å². The van der Waals surface area contributed by atoms with Crippen LogP contribution in [0.1, 0.15) is 36.1 Å². The van der Waals surface area contributed by atoms with Crippen molar-refractivity contribution in [1.29, 1.82) is 0 Å². The maximum Gasteiger partial charge on any atom is 0.0432 e. The van der Waals surface area contributed by atoms with E-state index in [0.29, 0.717) is 12.1 Å². The lowest BCUT2D eigenvalue weighted by molar-refractivity contribution is 0.675. The van der Waals surface area contributed by atoms with E-state index in [-0.39, 0.29) is 0 Å². The quantitative estimate of drug-likeness (QED) is 0.790. The molecule has 2 aromatic carbocycles. The van der Waals surface area contributed by atoms with Gasteiger partial charge in [0.05, 0.1) is 0 Å². The van der Waals surface area contributed by atoms with Crippen LogP contribution in [0.5, 0.6) is 0 Å². The van der Waals surface area contributed by atoms with Crippen molar-refractivity contribution in [2.45, 2.75) is 53.6 Å². The first-order valence-electron chi connectivity index (χ1n) is 8.05. The first kappa shape index (κ1) is 16.4. The maximum absolute atomic E-state index is 3.67. The van der Waals surface area contributed by atoms with Crippen LogP contribution in [-0.4, -0.2) is 12.1 Å². The predicted molar refractivity (Wildman–Crippen MR) is 98.0 cm³/mol. The fraction of sp³-hybridized carbons (Fsp3) is 0.400. The number of para-hydroxylation sites is 2. The molecule has 2 atom stereocenters. The summed E-state index contributed by atoms with van der Waals surface area (Å²) in [5.41, 5.74) is 7.70. The van der Waals surface area contributed by atoms with Crippen LogP contribution in [0.25, 0.3) is 0 Å². The highest BCUT2D eigenvalue weighted by Gasteiger charge is 2.15. The number of aryl methyl sites for hydroxylation is 4. The molecule has 0 aromatic heterocycles. The van der Waals surface area contributed by atoms with Crippen LogP contribution in [0.2, 0.25) is 0 Å². The lowest BCUT2D eigenvalue weighted by Gasteiger charge is -2.27. The SMILES string of the molecule is Cc1cccc(C)c1NC(C)C(C)Nc1c(C)cccc1C. The highest BCUT2D eigenvalue weighted by molar-refractivity contribution is 5.59. The lowest BCUT2D eigenvalue weighted by Crippen LogP contribution is -2.35. The van der Waals surface area contributed by atoms with Crippen LogP contribution in [0, 0.1) is 27.7 Å². The van der Waals surface area contributed by atoms with Crippen molar-refractivity contribution in [1.82, 2.24) is 0 Å². The Morgan fingerprint density at radius 3 is 1.14 bits per heavy atom. The third-order valence-electron chi connectivity index (χ3n) is 4.46. The summed E-state index contributed by atoms with van der Waals surface area (Å²) in [4.78, 5) is 0. The average Bonchev–Trinajstić information content (AvgIpc) is 2.46. The van der Waals surface area contributed by atoms with E-state index in [1.807, 2.05) is 0 Å². The molecule has 0 saturated carbocycles. The highest BCUT2D eigenvalue weighted by Crippen LogP contribution is 2.24. The second-order valence-electron chi connectivity index (χ2n) is 6.40. The molecule has 0 saturated heterocycles. The van der Waals surface area contributed by atoms with E-state index in [9.17, 15) is 0 Å². The molecule has 0 spiro atoms. The monoisotopic (exact) mass is 296 g/mol. The number of hydrogen-bond acceptors (Lipinski definition) is 2. The number of rotatable bonds is 5. The van der Waals surface area contributed by atoms with Gasteiger partial charge in [-0.25, -0.2) is 0 Å². The standard InChI is InChI=1S/C20H28N2/c1-13-9-7-10-14(2)19(13)21-17(5)18(6)22-20-15(3)11-8-12-16(20)4/h7-12,17-18,21-22H,1-6H3. The van der Waals surface area contributed by atoms with Gasteiger partial charge >= 0.3 is 0 Å². The van der Waals surface area contributed by atoms with Crippen molar-refractivity contribution in [3.05, 3.63) is 58.7 Å². The first-order valence-corrected chi connectivity index (χ1v) is 8.05. The van der Waals surface area contributed by atoms with Gasteiger partial charge in [0.2, 0.25) is 0 Å². The average molecular weight is 296 g/mol. The Bertz CT molecular complexity index is 548. The highest BCUT2D eigenvalue weighted by atomic mass is 15.0. The van der Waals surface area contributed by atoms with Crippen LogP contribution in [0.4, 0.5) is 11.4 Å². The van der Waals surface area contributed by atoms with Crippen molar-refractivity contribution in [2.24, 2.45) is 0 Å². The smallest absolute Gasteiger partial charge is 0.0432 e. The van der Waals surface area contributed by atoms with Gasteiger partial charge in [0.1, 0.15) is 0 Å². The molecular formula is C20H28N2. The van der Waals surface area contributed by atoms with Crippen LogP contribution in [-0.2, 0) is 0 Å². The van der Waals surface area contributed by atoms with Crippen molar-refractivity contribution in [3.8, 4) is 0 Å². The van der Waals surface area contributed by atoms with Crippen molar-refractivity contribution in [3.63, 3.8) is 0 Å². The molecule has 118 valence electrons. The fourth-order valence-electron chi connectivity index (χ4n) is 2.79. The molecule has 0 aliphatic rings. The minimum Gasteiger partial charge on any atom is -0.380 e. The molecule has 2 aromatic rings. The van der Waals surface area contributed by atoms with Crippen LogP contribution in [0.15, 0.2) is 36.4 Å². The Morgan fingerprint density at radius 2 is 0.864 bits per heavy atom. The largest absolute Gasteiger partial charge is 0.380 e. The molecule has 0 heterocycles. The van der Waals surface area contributed by atoms with Crippen LogP contribution >= 0.6 is 0 Å². The topological polar surface area (TPSA) is 24.1 Å². The van der Waals surface area contributed by atoms with Gasteiger partial charge in [0.15, 0.2) is 0 Å². The second-order valence-corrected chi connectivity index (χ2v) is 6.40. The van der Waals surface area contributed by atoms with Gasteiger partial charge in [0.25, 0.3) is 0 Å². The van der Waals surface area contributed by atoms with Gasteiger partial charge in [-0.3, -0.25) is 0 Å². The molecule has 22 heavy (non-hydrogen) atoms. The zero-order chi connectivity index (χ0) is 16.3. The molecule has 0 radical (unpaired) electrons. The Morgan fingerprint density at radius 1 is 0.591 bits per heavy atom. The molecule has 2 unspecified atom stereocenters. The predicted octanol–water partition coefficient (Wildman–Crippen LogP) is 5.22. The number of hydrogen-bond donors (Lipinski definition) is 2. The molecule has 2 heteroatoms. The van der Waals surface area contributed by atoms with Crippen LogP contribution in [0.3, 0.4) is 0 Å². The summed E-state index contributed by atoms with van der Waals surface area (Å²) in [5.74, 6) is 0. The second kappa shape index (κ2) is 6.87. The number of anilines is 2. The minimum atomic E-state index is 0.332. The van der Waals surface area contributed by atoms with E-state index >= 15 is 0 Å². The van der Waals surface area contributed by atoms with Gasteiger partial charge < -0.3 is 10.6 Å². The molecule has 0 aliphatic carbocycles. The molecule has 0 fully saturated rings. The maximum atomic E-state index is 3.67. The van der Waals surface area contributed by atoms with Gasteiger partial charge in [-0.15, -0.1) is 0 Å². The Kier molecular flexibility index (Phi) is 5.12. The molecule has 2 N–H and O–H groups in total. The fourth-order valence-corrected chi connectivity index (χ4v) is 2.79. The minimum absolute atomic E-state index is 0.332. The van der Waals surface area contributed by atoms with Gasteiger partial charge in [-0.2, -0.15) is 0 Å². The van der Waals surface area contributed by atoms with Gasteiger partial charge in [-0.05, 0) is 63.8 Å². The molecule has 0 bridgehead atoms. The molecule has 2 nitrogen and oxygen atoms in total. The van der Waals surface area contributed by atoms with Crippen LogP contribution < -0.4 is 10.6 Å². The van der Waals surface area contributed by atoms with E-state index in [4.69, 9.17) is 0 Å². The zero-order valence-corrected chi connectivity index (χ0v) is 14.6. The lowest BCUT2D eigenvalue weighted by atomic mass is 10.0. The van der Waals surface area contributed by atoms with E-state index in [1.165, 1.54) is 33.6 Å². The zero-order valence-electron chi connectivity index (χ0n) is 14.6. The van der Waals surface area contributed by atoms with Crippen molar-refractivity contribution >= 4 is 11.4 Å².